The first-order valence-corrected chi connectivity index (χ1v) is 6.08. The summed E-state index contributed by atoms with van der Waals surface area (Å²) >= 11 is 0. The highest BCUT2D eigenvalue weighted by Crippen LogP contribution is 2.12. The predicted molar refractivity (Wildman–Crippen MR) is 65.5 cm³/mol. The maximum atomic E-state index is 13.0. The third-order valence-electron chi connectivity index (χ3n) is 2.87. The minimum atomic E-state index is -0.901. The van der Waals surface area contributed by atoms with Crippen LogP contribution in [-0.2, 0) is 19.4 Å². The van der Waals surface area contributed by atoms with E-state index >= 15 is 0 Å². The molecule has 0 bridgehead atoms. The summed E-state index contributed by atoms with van der Waals surface area (Å²) in [7, 11) is 0. The molecule has 1 N–H and O–H groups in total. The lowest BCUT2D eigenvalue weighted by atomic mass is 10.1. The number of hydrogen-bond donors (Lipinski definition) is 1. The van der Waals surface area contributed by atoms with E-state index < -0.39 is 17.7 Å². The van der Waals surface area contributed by atoms with Gasteiger partial charge in [0.1, 0.15) is 12.2 Å². The van der Waals surface area contributed by atoms with Gasteiger partial charge in [-0.15, -0.1) is 0 Å². The number of aryl methyl sites for hydroxylation is 1. The van der Waals surface area contributed by atoms with E-state index in [-0.39, 0.29) is 6.42 Å². The number of aliphatic hydroxyl groups is 1. The molecule has 0 radical (unpaired) electrons. The van der Waals surface area contributed by atoms with Gasteiger partial charge >= 0.3 is 0 Å². The number of halogens is 2. The van der Waals surface area contributed by atoms with E-state index in [0.29, 0.717) is 24.4 Å². The van der Waals surface area contributed by atoms with Crippen molar-refractivity contribution in [2.45, 2.75) is 32.4 Å². The molecular weight excluding hydrogens is 252 g/mol. The van der Waals surface area contributed by atoms with Gasteiger partial charge in [0.15, 0.2) is 11.6 Å². The average molecular weight is 267 g/mol. The van der Waals surface area contributed by atoms with Gasteiger partial charge in [-0.05, 0) is 31.0 Å². The van der Waals surface area contributed by atoms with Crippen molar-refractivity contribution < 1.29 is 13.9 Å². The van der Waals surface area contributed by atoms with Gasteiger partial charge in [0.25, 0.3) is 0 Å². The molecule has 19 heavy (non-hydrogen) atoms. The Morgan fingerprint density at radius 3 is 2.74 bits per heavy atom. The lowest BCUT2D eigenvalue weighted by Gasteiger charge is -2.11. The summed E-state index contributed by atoms with van der Waals surface area (Å²) in [5.74, 6) is -1.11. The molecule has 1 heterocycles. The summed E-state index contributed by atoms with van der Waals surface area (Å²) in [5, 5.41) is 14.0. The molecule has 2 rings (SSSR count). The minimum absolute atomic E-state index is 0.244. The van der Waals surface area contributed by atoms with Crippen molar-refractivity contribution >= 4 is 0 Å². The normalized spacial score (nSPS) is 12.6. The molecule has 0 saturated carbocycles. The summed E-state index contributed by atoms with van der Waals surface area (Å²) in [4.78, 5) is 4.06. The highest BCUT2D eigenvalue weighted by Gasteiger charge is 2.12. The number of aromatic nitrogens is 3. The van der Waals surface area contributed by atoms with Gasteiger partial charge in [0.2, 0.25) is 0 Å². The molecule has 2 aromatic rings. The fraction of sp³-hybridized carbons (Fsp3) is 0.385. The second kappa shape index (κ2) is 5.88. The van der Waals surface area contributed by atoms with Crippen LogP contribution in [0, 0.1) is 11.6 Å². The van der Waals surface area contributed by atoms with E-state index in [1.807, 2.05) is 6.92 Å². The average Bonchev–Trinajstić information content (AvgIpc) is 2.81. The van der Waals surface area contributed by atoms with E-state index in [0.717, 1.165) is 12.1 Å². The zero-order valence-electron chi connectivity index (χ0n) is 10.6. The Labute approximate surface area is 109 Å². The van der Waals surface area contributed by atoms with Crippen LogP contribution in [0.4, 0.5) is 8.78 Å². The minimum Gasteiger partial charge on any atom is -0.392 e. The maximum Gasteiger partial charge on any atom is 0.159 e. The third kappa shape index (κ3) is 3.35. The van der Waals surface area contributed by atoms with Crippen LogP contribution in [0.2, 0.25) is 0 Å². The van der Waals surface area contributed by atoms with Crippen LogP contribution < -0.4 is 0 Å². The molecule has 0 saturated heterocycles. The third-order valence-corrected chi connectivity index (χ3v) is 2.87. The second-order valence-corrected chi connectivity index (χ2v) is 4.30. The van der Waals surface area contributed by atoms with Gasteiger partial charge in [-0.25, -0.2) is 13.8 Å². The summed E-state index contributed by atoms with van der Waals surface area (Å²) < 4.78 is 27.5. The lowest BCUT2D eigenvalue weighted by Crippen LogP contribution is -2.17. The van der Waals surface area contributed by atoms with Crippen molar-refractivity contribution in [2.75, 3.05) is 0 Å². The van der Waals surface area contributed by atoms with Crippen molar-refractivity contribution in [1.29, 1.82) is 0 Å². The Morgan fingerprint density at radius 2 is 2.05 bits per heavy atom. The van der Waals surface area contributed by atoms with Crippen LogP contribution in [0.1, 0.15) is 18.3 Å². The number of aliphatic hydroxyl groups excluding tert-OH is 1. The van der Waals surface area contributed by atoms with E-state index in [1.165, 1.54) is 12.4 Å². The molecule has 1 aromatic carbocycles. The number of benzene rings is 1. The van der Waals surface area contributed by atoms with Gasteiger partial charge < -0.3 is 5.11 Å². The topological polar surface area (TPSA) is 50.9 Å². The largest absolute Gasteiger partial charge is 0.392 e. The molecule has 102 valence electrons. The quantitative estimate of drug-likeness (QED) is 0.897. The standard InChI is InChI=1S/C13H15F2N3O/c1-2-18-13(16-8-17-18)7-10(19)5-9-3-4-11(14)12(15)6-9/h3-4,6,8,10,19H,2,5,7H2,1H3. The number of nitrogens with zero attached hydrogens (tertiary/aromatic N) is 3. The van der Waals surface area contributed by atoms with E-state index in [2.05, 4.69) is 10.1 Å². The molecule has 0 aliphatic heterocycles. The molecule has 1 aromatic heterocycles. The molecule has 0 fully saturated rings. The summed E-state index contributed by atoms with van der Waals surface area (Å²) in [6.07, 6.45) is 1.29. The zero-order valence-corrected chi connectivity index (χ0v) is 10.6. The fourth-order valence-electron chi connectivity index (χ4n) is 1.93. The first-order chi connectivity index (χ1) is 9.10. The van der Waals surface area contributed by atoms with Gasteiger partial charge in [-0.1, -0.05) is 6.07 Å². The van der Waals surface area contributed by atoms with Crippen LogP contribution in [0.15, 0.2) is 24.5 Å². The van der Waals surface area contributed by atoms with E-state index in [4.69, 9.17) is 0 Å². The number of rotatable bonds is 5. The van der Waals surface area contributed by atoms with Crippen molar-refractivity contribution in [3.05, 3.63) is 47.5 Å². The lowest BCUT2D eigenvalue weighted by molar-refractivity contribution is 0.171. The zero-order chi connectivity index (χ0) is 13.8. The molecule has 4 nitrogen and oxygen atoms in total. The summed E-state index contributed by atoms with van der Waals surface area (Å²) in [6.45, 7) is 2.60. The Kier molecular flexibility index (Phi) is 4.21. The Morgan fingerprint density at radius 1 is 1.26 bits per heavy atom. The predicted octanol–water partition coefficient (Wildman–Crippen LogP) is 1.72. The molecule has 0 amide bonds. The Bertz CT molecular complexity index is 557. The van der Waals surface area contributed by atoms with Crippen LogP contribution in [0.25, 0.3) is 0 Å². The van der Waals surface area contributed by atoms with Crippen LogP contribution in [0.5, 0.6) is 0 Å². The van der Waals surface area contributed by atoms with Crippen molar-refractivity contribution in [2.24, 2.45) is 0 Å². The first-order valence-electron chi connectivity index (χ1n) is 6.08. The van der Waals surface area contributed by atoms with Crippen molar-refractivity contribution in [1.82, 2.24) is 14.8 Å². The SMILES string of the molecule is CCn1ncnc1CC(O)Cc1ccc(F)c(F)c1. The first kappa shape index (κ1) is 13.6. The van der Waals surface area contributed by atoms with Gasteiger partial charge in [-0.2, -0.15) is 5.10 Å². The van der Waals surface area contributed by atoms with Crippen molar-refractivity contribution in [3.8, 4) is 0 Å². The molecule has 0 spiro atoms. The monoisotopic (exact) mass is 267 g/mol. The van der Waals surface area contributed by atoms with Gasteiger partial charge in [0.05, 0.1) is 6.10 Å². The summed E-state index contributed by atoms with van der Waals surface area (Å²) in [5.41, 5.74) is 0.550. The molecule has 1 unspecified atom stereocenters. The highest BCUT2D eigenvalue weighted by atomic mass is 19.2. The van der Waals surface area contributed by atoms with E-state index in [1.54, 1.807) is 4.68 Å². The Hall–Kier alpha value is -1.82. The highest BCUT2D eigenvalue weighted by molar-refractivity contribution is 5.18. The van der Waals surface area contributed by atoms with Crippen LogP contribution >= 0.6 is 0 Å². The molecule has 6 heteroatoms. The Balaban J connectivity index is 2.01. The molecule has 0 aliphatic rings. The summed E-state index contributed by atoms with van der Waals surface area (Å²) in [6, 6.07) is 3.63. The molecule has 1 atom stereocenters. The van der Waals surface area contributed by atoms with Crippen LogP contribution in [0.3, 0.4) is 0 Å². The van der Waals surface area contributed by atoms with Crippen LogP contribution in [-0.4, -0.2) is 26.0 Å². The number of hydrogen-bond acceptors (Lipinski definition) is 3. The molecular formula is C13H15F2N3O. The van der Waals surface area contributed by atoms with Gasteiger partial charge in [0, 0.05) is 13.0 Å². The smallest absolute Gasteiger partial charge is 0.159 e. The van der Waals surface area contributed by atoms with Crippen molar-refractivity contribution in [3.63, 3.8) is 0 Å². The van der Waals surface area contributed by atoms with Gasteiger partial charge in [-0.3, -0.25) is 4.68 Å². The van der Waals surface area contributed by atoms with E-state index in [9.17, 15) is 13.9 Å². The molecule has 0 aliphatic carbocycles. The second-order valence-electron chi connectivity index (χ2n) is 4.30. The fourth-order valence-corrected chi connectivity index (χ4v) is 1.93. The maximum absolute atomic E-state index is 13.0.